The van der Waals surface area contributed by atoms with Crippen LogP contribution in [0, 0.1) is 7.14 Å². The Bertz CT molecular complexity index is 746. The van der Waals surface area contributed by atoms with E-state index in [0.717, 1.165) is 11.3 Å². The van der Waals surface area contributed by atoms with E-state index in [4.69, 9.17) is 0 Å². The predicted octanol–water partition coefficient (Wildman–Crippen LogP) is 7.52. The van der Waals surface area contributed by atoms with Gasteiger partial charge < -0.3 is 0 Å². The molecule has 2 aliphatic rings. The minimum absolute atomic E-state index is 0.0474. The van der Waals surface area contributed by atoms with Gasteiger partial charge in [0.05, 0.1) is 0 Å². The highest BCUT2D eigenvalue weighted by Crippen LogP contribution is 2.67. The summed E-state index contributed by atoms with van der Waals surface area (Å²) in [5.41, 5.74) is 8.25. The third kappa shape index (κ3) is 3.12. The molecule has 1 fully saturated rings. The van der Waals surface area contributed by atoms with Crippen LogP contribution in [0.25, 0.3) is 12.2 Å². The second kappa shape index (κ2) is 7.00. The van der Waals surface area contributed by atoms with E-state index in [9.17, 15) is 0 Å². The average molecular weight is 558 g/mol. The van der Waals surface area contributed by atoms with Crippen LogP contribution in [0.2, 0.25) is 0 Å². The van der Waals surface area contributed by atoms with Crippen molar-refractivity contribution >= 4 is 65.3 Å². The summed E-state index contributed by atoms with van der Waals surface area (Å²) in [6.45, 7) is 4.99. The van der Waals surface area contributed by atoms with Gasteiger partial charge in [0, 0.05) is 12.8 Å². The summed E-state index contributed by atoms with van der Waals surface area (Å²) in [6, 6.07) is 14.0. The highest BCUT2D eigenvalue weighted by atomic mass is 127. The van der Waals surface area contributed by atoms with Crippen molar-refractivity contribution in [2.24, 2.45) is 0 Å². The molecule has 3 heteroatoms. The molecule has 0 aromatic heterocycles. The van der Waals surface area contributed by atoms with Gasteiger partial charge in [0.25, 0.3) is 0 Å². The largest absolute Gasteiger partial charge is 0.0885 e. The Balaban J connectivity index is 1.97. The van der Waals surface area contributed by atoms with Crippen molar-refractivity contribution in [1.29, 1.82) is 0 Å². The second-order valence-electron chi connectivity index (χ2n) is 7.00. The summed E-state index contributed by atoms with van der Waals surface area (Å²) in [6.07, 6.45) is 7.46. The predicted molar refractivity (Wildman–Crippen MR) is 124 cm³/mol. The number of hydrogen-bond donors (Lipinski definition) is 0. The van der Waals surface area contributed by atoms with E-state index in [2.05, 4.69) is 108 Å². The van der Waals surface area contributed by atoms with Crippen molar-refractivity contribution < 1.29 is 0 Å². The summed E-state index contributed by atoms with van der Waals surface area (Å²) < 4.78 is 2.71. The SMILES string of the molecule is C[C@@H]1CC[C@@H](C)P1C1c2cc(I)ccc2C=Cc2ccc(I)cc21. The van der Waals surface area contributed by atoms with Gasteiger partial charge in [-0.2, -0.15) is 0 Å². The fourth-order valence-electron chi connectivity index (χ4n) is 4.26. The molecule has 0 radical (unpaired) electrons. The minimum atomic E-state index is -0.0474. The van der Waals surface area contributed by atoms with Crippen molar-refractivity contribution in [3.63, 3.8) is 0 Å². The van der Waals surface area contributed by atoms with Gasteiger partial charge >= 0.3 is 0 Å². The van der Waals surface area contributed by atoms with E-state index in [-0.39, 0.29) is 7.92 Å². The first-order valence-electron chi connectivity index (χ1n) is 8.59. The topological polar surface area (TPSA) is 0 Å². The molecule has 0 spiro atoms. The summed E-state index contributed by atoms with van der Waals surface area (Å²) in [7, 11) is -0.0474. The quantitative estimate of drug-likeness (QED) is 0.251. The van der Waals surface area contributed by atoms with E-state index in [1.165, 1.54) is 31.1 Å². The third-order valence-corrected chi connectivity index (χ3v) is 10.5. The lowest BCUT2D eigenvalue weighted by molar-refractivity contribution is 0.777. The number of hydrogen-bond acceptors (Lipinski definition) is 0. The van der Waals surface area contributed by atoms with Crippen LogP contribution >= 0.6 is 53.1 Å². The van der Waals surface area contributed by atoms with Crippen LogP contribution in [0.1, 0.15) is 54.6 Å². The summed E-state index contributed by atoms with van der Waals surface area (Å²) in [5.74, 6) is 0. The van der Waals surface area contributed by atoms with Crippen molar-refractivity contribution in [1.82, 2.24) is 0 Å². The Hall–Kier alpha value is 0.0700. The zero-order chi connectivity index (χ0) is 16.8. The van der Waals surface area contributed by atoms with Crippen LogP contribution in [0.3, 0.4) is 0 Å². The average Bonchev–Trinajstić information content (AvgIpc) is 2.80. The van der Waals surface area contributed by atoms with Crippen molar-refractivity contribution in [3.05, 3.63) is 65.8 Å². The Kier molecular flexibility index (Phi) is 5.10. The van der Waals surface area contributed by atoms with Gasteiger partial charge in [-0.1, -0.05) is 46.1 Å². The third-order valence-electron chi connectivity index (χ3n) is 5.45. The van der Waals surface area contributed by atoms with Gasteiger partial charge in [-0.25, -0.2) is 0 Å². The summed E-state index contributed by atoms with van der Waals surface area (Å²) in [5, 5.41) is 0. The van der Waals surface area contributed by atoms with Crippen molar-refractivity contribution in [2.45, 2.75) is 43.7 Å². The first-order chi connectivity index (χ1) is 11.5. The lowest BCUT2D eigenvalue weighted by Gasteiger charge is -2.33. The van der Waals surface area contributed by atoms with Crippen LogP contribution in [0.15, 0.2) is 36.4 Å². The van der Waals surface area contributed by atoms with E-state index in [1.54, 1.807) is 11.1 Å². The van der Waals surface area contributed by atoms with Gasteiger partial charge in [-0.15, -0.1) is 0 Å². The molecule has 0 nitrogen and oxygen atoms in total. The van der Waals surface area contributed by atoms with Gasteiger partial charge in [-0.05, 0) is 116 Å². The first-order valence-corrected chi connectivity index (χ1v) is 12.3. The molecule has 0 amide bonds. The second-order valence-corrected chi connectivity index (χ2v) is 12.7. The van der Waals surface area contributed by atoms with Gasteiger partial charge in [0.2, 0.25) is 0 Å². The number of halogens is 2. The molecule has 0 bridgehead atoms. The molecule has 24 heavy (non-hydrogen) atoms. The molecule has 0 N–H and O–H groups in total. The summed E-state index contributed by atoms with van der Waals surface area (Å²) >= 11 is 4.94. The Labute approximate surface area is 173 Å². The molecule has 4 rings (SSSR count). The van der Waals surface area contributed by atoms with Crippen molar-refractivity contribution in [3.8, 4) is 0 Å². The summed E-state index contributed by atoms with van der Waals surface area (Å²) in [4.78, 5) is 0. The maximum Gasteiger partial charge on any atom is 0.0308 e. The first kappa shape index (κ1) is 17.5. The van der Waals surface area contributed by atoms with Gasteiger partial charge in [0.1, 0.15) is 0 Å². The molecule has 2 aromatic carbocycles. The zero-order valence-corrected chi connectivity index (χ0v) is 19.2. The molecular weight excluding hydrogens is 537 g/mol. The van der Waals surface area contributed by atoms with Crippen LogP contribution < -0.4 is 0 Å². The molecular formula is C21H21I2P. The fourth-order valence-corrected chi connectivity index (χ4v) is 9.16. The molecule has 1 heterocycles. The Morgan fingerprint density at radius 3 is 1.71 bits per heavy atom. The number of rotatable bonds is 1. The maximum absolute atomic E-state index is 2.49. The smallest absolute Gasteiger partial charge is 0.0308 e. The normalized spacial score (nSPS) is 23.8. The van der Waals surface area contributed by atoms with Crippen LogP contribution in [-0.2, 0) is 0 Å². The standard InChI is InChI=1S/C21H21I2P/c1-13-3-4-14(2)24(13)21-19-11-17(22)9-7-15(19)5-6-16-8-10-18(23)12-20(16)21/h5-14,21H,3-4H2,1-2H3/t13-,14-/m1/s1. The fraction of sp³-hybridized carbons (Fsp3) is 0.333. The molecule has 2 aromatic rings. The van der Waals surface area contributed by atoms with Crippen LogP contribution in [-0.4, -0.2) is 11.3 Å². The molecule has 0 saturated carbocycles. The molecule has 2 atom stereocenters. The molecule has 1 aliphatic heterocycles. The lowest BCUT2D eigenvalue weighted by Crippen LogP contribution is -2.11. The highest BCUT2D eigenvalue weighted by molar-refractivity contribution is 14.1. The molecule has 0 unspecified atom stereocenters. The van der Waals surface area contributed by atoms with Crippen molar-refractivity contribution in [2.75, 3.05) is 0 Å². The number of fused-ring (bicyclic) bond motifs is 2. The van der Waals surface area contributed by atoms with Crippen LogP contribution in [0.4, 0.5) is 0 Å². The lowest BCUT2D eigenvalue weighted by atomic mass is 9.99. The Morgan fingerprint density at radius 1 is 0.792 bits per heavy atom. The number of benzene rings is 2. The van der Waals surface area contributed by atoms with Crippen LogP contribution in [0.5, 0.6) is 0 Å². The van der Waals surface area contributed by atoms with Gasteiger partial charge in [-0.3, -0.25) is 0 Å². The zero-order valence-electron chi connectivity index (χ0n) is 14.0. The van der Waals surface area contributed by atoms with E-state index >= 15 is 0 Å². The molecule has 1 aliphatic carbocycles. The molecule has 124 valence electrons. The minimum Gasteiger partial charge on any atom is -0.0885 e. The maximum atomic E-state index is 2.49. The highest BCUT2D eigenvalue weighted by Gasteiger charge is 2.39. The van der Waals surface area contributed by atoms with E-state index < -0.39 is 0 Å². The van der Waals surface area contributed by atoms with E-state index in [1.807, 2.05) is 0 Å². The van der Waals surface area contributed by atoms with E-state index in [0.29, 0.717) is 5.66 Å². The Morgan fingerprint density at radius 2 is 1.25 bits per heavy atom. The van der Waals surface area contributed by atoms with Gasteiger partial charge in [0.15, 0.2) is 0 Å². The monoisotopic (exact) mass is 558 g/mol. The molecule has 1 saturated heterocycles.